The molecule has 0 aromatic carbocycles. The second kappa shape index (κ2) is 3.65. The Morgan fingerprint density at radius 1 is 1.56 bits per heavy atom. The maximum atomic E-state index is 11.6. The van der Waals surface area contributed by atoms with E-state index in [1.807, 2.05) is 0 Å². The van der Waals surface area contributed by atoms with Gasteiger partial charge in [-0.3, -0.25) is 4.79 Å². The number of H-pyrrole nitrogens is 1. The highest BCUT2D eigenvalue weighted by molar-refractivity contribution is 6.09. The monoisotopic (exact) mass is 217 g/mol. The third-order valence-corrected chi connectivity index (χ3v) is 2.14. The molecule has 0 bridgehead atoms. The molecule has 0 saturated heterocycles. The van der Waals surface area contributed by atoms with Gasteiger partial charge in [-0.15, -0.1) is 0 Å². The van der Waals surface area contributed by atoms with Crippen LogP contribution >= 0.6 is 0 Å². The summed E-state index contributed by atoms with van der Waals surface area (Å²) >= 11 is 0. The van der Waals surface area contributed by atoms with Crippen LogP contribution in [0, 0.1) is 0 Å². The second-order valence-corrected chi connectivity index (χ2v) is 3.38. The van der Waals surface area contributed by atoms with Gasteiger partial charge in [0.1, 0.15) is 11.5 Å². The maximum absolute atomic E-state index is 11.6. The zero-order valence-corrected chi connectivity index (χ0v) is 8.69. The largest absolute Gasteiger partial charge is 0.397 e. The van der Waals surface area contributed by atoms with Crippen LogP contribution in [0.4, 0.5) is 5.69 Å². The number of nitrogens with two attached hydrogens (primary N) is 2. The van der Waals surface area contributed by atoms with E-state index in [1.165, 1.54) is 13.1 Å². The summed E-state index contributed by atoms with van der Waals surface area (Å²) < 4.78 is 0. The van der Waals surface area contributed by atoms with E-state index in [4.69, 9.17) is 11.5 Å². The van der Waals surface area contributed by atoms with Crippen LogP contribution in [-0.4, -0.2) is 21.7 Å². The number of amides is 1. The number of hydrogen-bond acceptors (Lipinski definition) is 3. The molecule has 6 heteroatoms. The average molecular weight is 217 g/mol. The van der Waals surface area contributed by atoms with Crippen molar-refractivity contribution in [2.24, 2.45) is 10.7 Å². The maximum Gasteiger partial charge on any atom is 0.282 e. The molecule has 1 amide bonds. The van der Waals surface area contributed by atoms with E-state index in [0.717, 1.165) is 0 Å². The summed E-state index contributed by atoms with van der Waals surface area (Å²) in [5.74, 6) is -0.285. The molecule has 0 radical (unpaired) electrons. The topological polar surface area (TPSA) is 110 Å². The third kappa shape index (κ3) is 1.60. The number of amidine groups is 1. The van der Waals surface area contributed by atoms with Crippen molar-refractivity contribution < 1.29 is 4.79 Å². The Kier molecular flexibility index (Phi) is 2.32. The molecule has 0 aliphatic heterocycles. The Hall–Kier alpha value is -2.37. The highest BCUT2D eigenvalue weighted by Gasteiger charge is 2.12. The molecule has 5 N–H and O–H groups in total. The number of anilines is 1. The number of hydrogen-bond donors (Lipinski definition) is 3. The van der Waals surface area contributed by atoms with Crippen LogP contribution in [0.15, 0.2) is 23.5 Å². The summed E-state index contributed by atoms with van der Waals surface area (Å²) in [6, 6.07) is 1.76. The van der Waals surface area contributed by atoms with Crippen molar-refractivity contribution in [3.63, 3.8) is 0 Å². The Morgan fingerprint density at radius 2 is 2.31 bits per heavy atom. The lowest BCUT2D eigenvalue weighted by Gasteiger charge is -2.02. The lowest BCUT2D eigenvalue weighted by atomic mass is 10.2. The molecule has 0 unspecified atom stereocenters. The minimum absolute atomic E-state index is 0.193. The van der Waals surface area contributed by atoms with E-state index < -0.39 is 5.91 Å². The molecule has 0 atom stereocenters. The van der Waals surface area contributed by atoms with Crippen LogP contribution < -0.4 is 11.5 Å². The van der Waals surface area contributed by atoms with Crippen LogP contribution in [-0.2, 0) is 0 Å². The molecule has 2 aromatic rings. The predicted molar refractivity (Wildman–Crippen MR) is 62.1 cm³/mol. The molecular weight excluding hydrogens is 206 g/mol. The molecule has 2 aromatic heterocycles. The van der Waals surface area contributed by atoms with E-state index in [9.17, 15) is 4.79 Å². The van der Waals surface area contributed by atoms with Gasteiger partial charge >= 0.3 is 0 Å². The minimum atomic E-state index is -0.479. The van der Waals surface area contributed by atoms with Crippen molar-refractivity contribution in [1.82, 2.24) is 9.97 Å². The number of nitrogen functional groups attached to an aromatic ring is 1. The molecule has 0 saturated carbocycles. The molecule has 0 spiro atoms. The van der Waals surface area contributed by atoms with Gasteiger partial charge in [0.2, 0.25) is 0 Å². The van der Waals surface area contributed by atoms with Gasteiger partial charge in [0.25, 0.3) is 5.91 Å². The first-order valence-corrected chi connectivity index (χ1v) is 4.66. The van der Waals surface area contributed by atoms with Gasteiger partial charge < -0.3 is 16.5 Å². The number of fused-ring (bicyclic) bond motifs is 1. The van der Waals surface area contributed by atoms with Crippen molar-refractivity contribution in [2.75, 3.05) is 5.73 Å². The SMILES string of the molecule is C/C(N)=N\C(=O)c1cnc2[nH]ccc2c1N. The van der Waals surface area contributed by atoms with Crippen LogP contribution in [0.2, 0.25) is 0 Å². The number of aromatic amines is 1. The molecule has 82 valence electrons. The van der Waals surface area contributed by atoms with Crippen LogP contribution in [0.25, 0.3) is 11.0 Å². The quantitative estimate of drug-likeness (QED) is 0.481. The van der Waals surface area contributed by atoms with Gasteiger partial charge in [-0.2, -0.15) is 4.99 Å². The highest BCUT2D eigenvalue weighted by Crippen LogP contribution is 2.22. The Balaban J connectivity index is 2.57. The Labute approximate surface area is 91.4 Å². The highest BCUT2D eigenvalue weighted by atomic mass is 16.1. The Bertz CT molecular complexity index is 580. The van der Waals surface area contributed by atoms with Crippen LogP contribution in [0.5, 0.6) is 0 Å². The first-order valence-electron chi connectivity index (χ1n) is 4.66. The molecule has 2 heterocycles. The molecule has 0 aliphatic carbocycles. The minimum Gasteiger partial charge on any atom is -0.397 e. The normalized spacial score (nSPS) is 11.9. The van der Waals surface area contributed by atoms with Crippen molar-refractivity contribution in [3.05, 3.63) is 24.0 Å². The van der Waals surface area contributed by atoms with E-state index in [0.29, 0.717) is 16.7 Å². The van der Waals surface area contributed by atoms with Gasteiger partial charge in [-0.1, -0.05) is 0 Å². The van der Waals surface area contributed by atoms with Gasteiger partial charge in [0.05, 0.1) is 11.3 Å². The number of pyridine rings is 1. The number of aliphatic imine (C=N–C) groups is 1. The Morgan fingerprint density at radius 3 is 3.00 bits per heavy atom. The molecular formula is C10H11N5O. The van der Waals surface area contributed by atoms with Gasteiger partial charge in [0, 0.05) is 17.8 Å². The summed E-state index contributed by atoms with van der Waals surface area (Å²) in [4.78, 5) is 22.2. The summed E-state index contributed by atoms with van der Waals surface area (Å²) in [6.45, 7) is 1.54. The number of carbonyl (C=O) groups excluding carboxylic acids is 1. The van der Waals surface area contributed by atoms with Gasteiger partial charge in [0.15, 0.2) is 0 Å². The second-order valence-electron chi connectivity index (χ2n) is 3.38. The van der Waals surface area contributed by atoms with E-state index in [1.54, 1.807) is 12.3 Å². The first-order chi connectivity index (χ1) is 7.59. The summed E-state index contributed by atoms with van der Waals surface area (Å²) in [5.41, 5.74) is 12.4. The molecule has 6 nitrogen and oxygen atoms in total. The first kappa shape index (κ1) is 10.2. The predicted octanol–water partition coefficient (Wildman–Crippen LogP) is 0.662. The number of rotatable bonds is 1. The lowest BCUT2D eigenvalue weighted by molar-refractivity contribution is 0.100. The van der Waals surface area contributed by atoms with Crippen molar-refractivity contribution in [1.29, 1.82) is 0 Å². The average Bonchev–Trinajstić information content (AvgIpc) is 2.65. The summed E-state index contributed by atoms with van der Waals surface area (Å²) in [5, 5.41) is 0.704. The fourth-order valence-corrected chi connectivity index (χ4v) is 1.42. The molecule has 0 fully saturated rings. The van der Waals surface area contributed by atoms with Gasteiger partial charge in [-0.05, 0) is 13.0 Å². The third-order valence-electron chi connectivity index (χ3n) is 2.14. The zero-order chi connectivity index (χ0) is 11.7. The van der Waals surface area contributed by atoms with Crippen LogP contribution in [0.1, 0.15) is 17.3 Å². The number of carbonyl (C=O) groups is 1. The number of nitrogens with one attached hydrogen (secondary N) is 1. The van der Waals surface area contributed by atoms with Crippen molar-refractivity contribution in [3.8, 4) is 0 Å². The van der Waals surface area contributed by atoms with Crippen molar-refractivity contribution >= 4 is 28.5 Å². The van der Waals surface area contributed by atoms with E-state index in [-0.39, 0.29) is 11.4 Å². The number of aromatic nitrogens is 2. The fraction of sp³-hybridized carbons (Fsp3) is 0.100. The lowest BCUT2D eigenvalue weighted by Crippen LogP contribution is -2.11. The van der Waals surface area contributed by atoms with Crippen LogP contribution in [0.3, 0.4) is 0 Å². The smallest absolute Gasteiger partial charge is 0.282 e. The summed E-state index contributed by atoms with van der Waals surface area (Å²) in [7, 11) is 0. The standard InChI is InChI=1S/C10H11N5O/c1-5(11)15-10(16)7-4-14-9-6(8(7)12)2-3-13-9/h2-4H,1H3,(H2,11,15,16)(H3,12,13,14). The zero-order valence-electron chi connectivity index (χ0n) is 8.69. The molecule has 0 aliphatic rings. The molecule has 2 rings (SSSR count). The fourth-order valence-electron chi connectivity index (χ4n) is 1.42. The molecule has 16 heavy (non-hydrogen) atoms. The van der Waals surface area contributed by atoms with E-state index >= 15 is 0 Å². The number of nitrogens with zero attached hydrogens (tertiary/aromatic N) is 2. The summed E-state index contributed by atoms with van der Waals surface area (Å²) in [6.07, 6.45) is 3.10. The van der Waals surface area contributed by atoms with Crippen molar-refractivity contribution in [2.45, 2.75) is 6.92 Å². The van der Waals surface area contributed by atoms with Gasteiger partial charge in [-0.25, -0.2) is 4.98 Å². The van der Waals surface area contributed by atoms with E-state index in [2.05, 4.69) is 15.0 Å².